The van der Waals surface area contributed by atoms with Crippen molar-refractivity contribution >= 4 is 17.7 Å². The fourth-order valence-electron chi connectivity index (χ4n) is 1.77. The first kappa shape index (κ1) is 12.8. The Balaban J connectivity index is 2.06. The molecule has 1 fully saturated rings. The van der Waals surface area contributed by atoms with Gasteiger partial charge in [-0.3, -0.25) is 4.79 Å². The average molecular weight is 232 g/mol. The second kappa shape index (κ2) is 7.12. The predicted octanol–water partition coefficient (Wildman–Crippen LogP) is 1.98. The Bertz CT molecular complexity index is 190. The molecule has 0 saturated heterocycles. The number of thioether (sulfide) groups is 1. The number of esters is 1. The number of hydrogen-bond donors (Lipinski definition) is 1. The lowest BCUT2D eigenvalue weighted by atomic mass is 10.3. The van der Waals surface area contributed by atoms with E-state index in [1.165, 1.54) is 25.7 Å². The summed E-state index contributed by atoms with van der Waals surface area (Å²) in [6.45, 7) is 2.17. The third-order valence-corrected chi connectivity index (χ3v) is 4.05. The van der Waals surface area contributed by atoms with Crippen LogP contribution in [0.4, 0.5) is 0 Å². The number of rotatable bonds is 6. The van der Waals surface area contributed by atoms with Crippen LogP contribution in [0.2, 0.25) is 0 Å². The van der Waals surface area contributed by atoms with Gasteiger partial charge in [0.2, 0.25) is 0 Å². The van der Waals surface area contributed by atoms with Crippen LogP contribution in [0.3, 0.4) is 0 Å². The lowest BCUT2D eigenvalue weighted by Crippen LogP contribution is -2.19. The quantitative estimate of drug-likeness (QED) is 0.711. The average Bonchev–Trinajstić information content (AvgIpc) is 2.67. The highest BCUT2D eigenvalue weighted by Crippen LogP contribution is 2.29. The first-order chi connectivity index (χ1) is 7.22. The molecule has 1 atom stereocenters. The first-order valence-corrected chi connectivity index (χ1v) is 6.72. The Morgan fingerprint density at radius 3 is 2.80 bits per heavy atom. The molecule has 1 saturated carbocycles. The van der Waals surface area contributed by atoms with Crippen molar-refractivity contribution < 1.29 is 14.6 Å². The van der Waals surface area contributed by atoms with Gasteiger partial charge in [-0.25, -0.2) is 0 Å². The SMILES string of the molecule is CCOC(=O)CC(O)CSC1CCCC1. The third-order valence-electron chi connectivity index (χ3n) is 2.53. The zero-order chi connectivity index (χ0) is 11.1. The molecule has 1 aliphatic rings. The van der Waals surface area contributed by atoms with Gasteiger partial charge in [0.05, 0.1) is 19.1 Å². The highest BCUT2D eigenvalue weighted by molar-refractivity contribution is 7.99. The zero-order valence-electron chi connectivity index (χ0n) is 9.28. The van der Waals surface area contributed by atoms with Crippen LogP contribution in [-0.4, -0.2) is 34.8 Å². The van der Waals surface area contributed by atoms with Crippen molar-refractivity contribution in [1.29, 1.82) is 0 Å². The van der Waals surface area contributed by atoms with Crippen LogP contribution in [0.15, 0.2) is 0 Å². The summed E-state index contributed by atoms with van der Waals surface area (Å²) < 4.78 is 4.78. The van der Waals surface area contributed by atoms with Crippen LogP contribution in [0, 0.1) is 0 Å². The molecular formula is C11H20O3S. The maximum Gasteiger partial charge on any atom is 0.308 e. The van der Waals surface area contributed by atoms with E-state index in [4.69, 9.17) is 4.74 Å². The molecule has 88 valence electrons. The highest BCUT2D eigenvalue weighted by atomic mass is 32.2. The van der Waals surface area contributed by atoms with Gasteiger partial charge in [-0.2, -0.15) is 11.8 Å². The van der Waals surface area contributed by atoms with Crippen molar-refractivity contribution in [3.63, 3.8) is 0 Å². The molecule has 3 nitrogen and oxygen atoms in total. The Labute approximate surface area is 95.6 Å². The van der Waals surface area contributed by atoms with Crippen LogP contribution < -0.4 is 0 Å². The summed E-state index contributed by atoms with van der Waals surface area (Å²) in [5.74, 6) is 0.362. The molecule has 0 spiro atoms. The van der Waals surface area contributed by atoms with Gasteiger partial charge in [0.1, 0.15) is 0 Å². The van der Waals surface area contributed by atoms with Crippen LogP contribution in [-0.2, 0) is 9.53 Å². The summed E-state index contributed by atoms with van der Waals surface area (Å²) >= 11 is 1.79. The molecule has 4 heteroatoms. The van der Waals surface area contributed by atoms with E-state index in [1.54, 1.807) is 18.7 Å². The largest absolute Gasteiger partial charge is 0.466 e. The van der Waals surface area contributed by atoms with Crippen LogP contribution in [0.25, 0.3) is 0 Å². The van der Waals surface area contributed by atoms with Crippen LogP contribution >= 0.6 is 11.8 Å². The number of aliphatic hydroxyl groups excluding tert-OH is 1. The Hall–Kier alpha value is -0.220. The molecule has 0 aromatic heterocycles. The molecule has 15 heavy (non-hydrogen) atoms. The molecule has 1 rings (SSSR count). The van der Waals surface area contributed by atoms with E-state index in [-0.39, 0.29) is 12.4 Å². The van der Waals surface area contributed by atoms with Gasteiger partial charge < -0.3 is 9.84 Å². The van der Waals surface area contributed by atoms with Gasteiger partial charge in [0.15, 0.2) is 0 Å². The lowest BCUT2D eigenvalue weighted by Gasteiger charge is -2.12. The number of hydrogen-bond acceptors (Lipinski definition) is 4. The van der Waals surface area contributed by atoms with Crippen molar-refractivity contribution in [3.8, 4) is 0 Å². The molecule has 0 bridgehead atoms. The monoisotopic (exact) mass is 232 g/mol. The molecule has 0 amide bonds. The lowest BCUT2D eigenvalue weighted by molar-refractivity contribution is -0.144. The van der Waals surface area contributed by atoms with E-state index in [0.717, 1.165) is 0 Å². The molecule has 1 N–H and O–H groups in total. The Morgan fingerprint density at radius 1 is 1.53 bits per heavy atom. The number of ether oxygens (including phenoxy) is 1. The van der Waals surface area contributed by atoms with E-state index < -0.39 is 6.10 Å². The minimum absolute atomic E-state index is 0.133. The van der Waals surface area contributed by atoms with Gasteiger partial charge in [-0.15, -0.1) is 0 Å². The van der Waals surface area contributed by atoms with E-state index in [2.05, 4.69) is 0 Å². The minimum atomic E-state index is -0.547. The maximum absolute atomic E-state index is 11.1. The van der Waals surface area contributed by atoms with Crippen LogP contribution in [0.5, 0.6) is 0 Å². The standard InChI is InChI=1S/C11H20O3S/c1-2-14-11(13)7-9(12)8-15-10-5-3-4-6-10/h9-10,12H,2-8H2,1H3. The van der Waals surface area contributed by atoms with Crippen molar-refractivity contribution in [1.82, 2.24) is 0 Å². The van der Waals surface area contributed by atoms with Gasteiger partial charge in [-0.05, 0) is 19.8 Å². The van der Waals surface area contributed by atoms with E-state index in [1.807, 2.05) is 0 Å². The smallest absolute Gasteiger partial charge is 0.308 e. The molecule has 0 aliphatic heterocycles. The molecule has 0 aromatic carbocycles. The number of carbonyl (C=O) groups is 1. The summed E-state index contributed by atoms with van der Waals surface area (Å²) in [5, 5.41) is 10.3. The maximum atomic E-state index is 11.1. The molecule has 1 aliphatic carbocycles. The van der Waals surface area contributed by atoms with Crippen molar-refractivity contribution in [2.75, 3.05) is 12.4 Å². The van der Waals surface area contributed by atoms with Crippen molar-refractivity contribution in [3.05, 3.63) is 0 Å². The summed E-state index contributed by atoms with van der Waals surface area (Å²) in [6.07, 6.45) is 4.73. The summed E-state index contributed by atoms with van der Waals surface area (Å²) in [7, 11) is 0. The molecule has 0 radical (unpaired) electrons. The molecule has 0 aromatic rings. The van der Waals surface area contributed by atoms with E-state index >= 15 is 0 Å². The minimum Gasteiger partial charge on any atom is -0.466 e. The summed E-state index contributed by atoms with van der Waals surface area (Å²) in [6, 6.07) is 0. The van der Waals surface area contributed by atoms with Gasteiger partial charge in [-0.1, -0.05) is 12.8 Å². The topological polar surface area (TPSA) is 46.5 Å². The van der Waals surface area contributed by atoms with Crippen LogP contribution in [0.1, 0.15) is 39.0 Å². The van der Waals surface area contributed by atoms with Crippen molar-refractivity contribution in [2.24, 2.45) is 0 Å². The van der Waals surface area contributed by atoms with E-state index in [0.29, 0.717) is 17.6 Å². The van der Waals surface area contributed by atoms with Gasteiger partial charge in [0.25, 0.3) is 0 Å². The Morgan fingerprint density at radius 2 is 2.20 bits per heavy atom. The second-order valence-corrected chi connectivity index (χ2v) is 5.24. The summed E-state index contributed by atoms with van der Waals surface area (Å²) in [4.78, 5) is 11.1. The normalized spacial score (nSPS) is 19.1. The number of aliphatic hydroxyl groups is 1. The van der Waals surface area contributed by atoms with Gasteiger partial charge in [0, 0.05) is 11.0 Å². The molecule has 1 unspecified atom stereocenters. The number of carbonyl (C=O) groups excluding carboxylic acids is 1. The van der Waals surface area contributed by atoms with Gasteiger partial charge >= 0.3 is 5.97 Å². The third kappa shape index (κ3) is 5.42. The summed E-state index contributed by atoms with van der Waals surface area (Å²) in [5.41, 5.74) is 0. The fraction of sp³-hybridized carbons (Fsp3) is 0.909. The predicted molar refractivity (Wildman–Crippen MR) is 62.0 cm³/mol. The van der Waals surface area contributed by atoms with E-state index in [9.17, 15) is 9.90 Å². The molecule has 0 heterocycles. The zero-order valence-corrected chi connectivity index (χ0v) is 10.1. The van der Waals surface area contributed by atoms with Crippen molar-refractivity contribution in [2.45, 2.75) is 50.4 Å². The molecular weight excluding hydrogens is 212 g/mol. The fourth-order valence-corrected chi connectivity index (χ4v) is 3.05. The highest BCUT2D eigenvalue weighted by Gasteiger charge is 2.18. The first-order valence-electron chi connectivity index (χ1n) is 5.67. The Kier molecular flexibility index (Phi) is 6.10. The second-order valence-electron chi connectivity index (χ2n) is 3.90.